The minimum Gasteiger partial charge on any atom is -0.497 e. The van der Waals surface area contributed by atoms with E-state index in [1.165, 1.54) is 12.8 Å². The lowest BCUT2D eigenvalue weighted by Gasteiger charge is -2.31. The standard InChI is InChI=1S/C16H22N2O2/c1-10-16(19)18(11(2)12-4-5-12)15(17-10)13-6-8-14(20-3)9-7-13/h6-12,15,17H,4-5H2,1-3H3. The Hall–Kier alpha value is -1.55. The molecule has 2 aliphatic rings. The van der Waals surface area contributed by atoms with Crippen molar-refractivity contribution in [1.82, 2.24) is 10.2 Å². The highest BCUT2D eigenvalue weighted by Crippen LogP contribution is 2.39. The van der Waals surface area contributed by atoms with Crippen molar-refractivity contribution in [3.8, 4) is 5.75 Å². The van der Waals surface area contributed by atoms with E-state index >= 15 is 0 Å². The lowest BCUT2D eigenvalue weighted by molar-refractivity contribution is -0.132. The van der Waals surface area contributed by atoms with Crippen LogP contribution in [0.2, 0.25) is 0 Å². The first kappa shape index (κ1) is 13.4. The molecular formula is C16H22N2O2. The first-order chi connectivity index (χ1) is 9.61. The number of carbonyl (C=O) groups excluding carboxylic acids is 1. The maximum Gasteiger partial charge on any atom is 0.241 e. The molecule has 0 radical (unpaired) electrons. The van der Waals surface area contributed by atoms with E-state index in [1.807, 2.05) is 36.1 Å². The first-order valence-corrected chi connectivity index (χ1v) is 7.34. The van der Waals surface area contributed by atoms with Crippen LogP contribution in [0.25, 0.3) is 0 Å². The Balaban J connectivity index is 1.86. The Bertz CT molecular complexity index is 496. The second-order valence-electron chi connectivity index (χ2n) is 5.89. The zero-order chi connectivity index (χ0) is 14.3. The van der Waals surface area contributed by atoms with Crippen LogP contribution in [0.15, 0.2) is 24.3 Å². The van der Waals surface area contributed by atoms with Crippen molar-refractivity contribution in [3.05, 3.63) is 29.8 Å². The molecule has 1 saturated heterocycles. The number of nitrogens with zero attached hydrogens (tertiary/aromatic N) is 1. The van der Waals surface area contributed by atoms with Crippen molar-refractivity contribution in [2.24, 2.45) is 5.92 Å². The third-order valence-corrected chi connectivity index (χ3v) is 4.49. The van der Waals surface area contributed by atoms with Crippen LogP contribution in [0.1, 0.15) is 38.4 Å². The zero-order valence-corrected chi connectivity index (χ0v) is 12.3. The molecule has 1 aliphatic carbocycles. The van der Waals surface area contributed by atoms with Gasteiger partial charge in [-0.1, -0.05) is 12.1 Å². The van der Waals surface area contributed by atoms with Gasteiger partial charge in [-0.25, -0.2) is 0 Å². The van der Waals surface area contributed by atoms with E-state index in [0.717, 1.165) is 11.3 Å². The third-order valence-electron chi connectivity index (χ3n) is 4.49. The number of hydrogen-bond donors (Lipinski definition) is 1. The summed E-state index contributed by atoms with van der Waals surface area (Å²) in [5.41, 5.74) is 1.12. The summed E-state index contributed by atoms with van der Waals surface area (Å²) in [6.07, 6.45) is 2.47. The van der Waals surface area contributed by atoms with E-state index in [-0.39, 0.29) is 18.1 Å². The molecule has 0 bridgehead atoms. The van der Waals surface area contributed by atoms with Gasteiger partial charge in [-0.3, -0.25) is 10.1 Å². The number of carbonyl (C=O) groups is 1. The maximum atomic E-state index is 12.4. The smallest absolute Gasteiger partial charge is 0.241 e. The summed E-state index contributed by atoms with van der Waals surface area (Å²) in [4.78, 5) is 14.5. The Morgan fingerprint density at radius 3 is 2.50 bits per heavy atom. The normalized spacial score (nSPS) is 27.8. The average molecular weight is 274 g/mol. The van der Waals surface area contributed by atoms with Gasteiger partial charge in [0.25, 0.3) is 0 Å². The molecule has 3 atom stereocenters. The third kappa shape index (κ3) is 2.29. The van der Waals surface area contributed by atoms with E-state index in [0.29, 0.717) is 12.0 Å². The summed E-state index contributed by atoms with van der Waals surface area (Å²) >= 11 is 0. The topological polar surface area (TPSA) is 41.6 Å². The predicted molar refractivity (Wildman–Crippen MR) is 77.4 cm³/mol. The molecule has 1 saturated carbocycles. The number of hydrogen-bond acceptors (Lipinski definition) is 3. The first-order valence-electron chi connectivity index (χ1n) is 7.34. The molecular weight excluding hydrogens is 252 g/mol. The van der Waals surface area contributed by atoms with Crippen molar-refractivity contribution >= 4 is 5.91 Å². The lowest BCUT2D eigenvalue weighted by atomic mass is 10.1. The summed E-state index contributed by atoms with van der Waals surface area (Å²) in [6.45, 7) is 4.12. The van der Waals surface area contributed by atoms with Gasteiger partial charge in [0, 0.05) is 6.04 Å². The lowest BCUT2D eigenvalue weighted by Crippen LogP contribution is -2.39. The summed E-state index contributed by atoms with van der Waals surface area (Å²) in [6, 6.07) is 8.17. The molecule has 1 aromatic rings. The van der Waals surface area contributed by atoms with Gasteiger partial charge < -0.3 is 9.64 Å². The number of ether oxygens (including phenoxy) is 1. The van der Waals surface area contributed by atoms with Crippen LogP contribution in [0.3, 0.4) is 0 Å². The highest BCUT2D eigenvalue weighted by Gasteiger charge is 2.44. The van der Waals surface area contributed by atoms with Crippen LogP contribution in [-0.2, 0) is 4.79 Å². The van der Waals surface area contributed by atoms with Gasteiger partial charge in [-0.05, 0) is 50.3 Å². The van der Waals surface area contributed by atoms with E-state index < -0.39 is 0 Å². The van der Waals surface area contributed by atoms with Crippen molar-refractivity contribution in [3.63, 3.8) is 0 Å². The minimum atomic E-state index is -0.108. The molecule has 1 aromatic carbocycles. The molecule has 2 fully saturated rings. The molecule has 1 amide bonds. The average Bonchev–Trinajstić information content (AvgIpc) is 3.26. The second-order valence-corrected chi connectivity index (χ2v) is 5.89. The molecule has 0 spiro atoms. The Labute approximate surface area is 120 Å². The van der Waals surface area contributed by atoms with Crippen molar-refractivity contribution in [1.29, 1.82) is 0 Å². The largest absolute Gasteiger partial charge is 0.497 e. The molecule has 108 valence electrons. The molecule has 3 rings (SSSR count). The minimum absolute atomic E-state index is 0.0148. The number of benzene rings is 1. The van der Waals surface area contributed by atoms with Gasteiger partial charge in [-0.2, -0.15) is 0 Å². The highest BCUT2D eigenvalue weighted by atomic mass is 16.5. The van der Waals surface area contributed by atoms with Crippen LogP contribution in [0, 0.1) is 5.92 Å². The summed E-state index contributed by atoms with van der Waals surface area (Å²) in [5.74, 6) is 1.73. The number of nitrogens with one attached hydrogen (secondary N) is 1. The molecule has 4 heteroatoms. The summed E-state index contributed by atoms with van der Waals surface area (Å²) in [7, 11) is 1.66. The van der Waals surface area contributed by atoms with Gasteiger partial charge in [-0.15, -0.1) is 0 Å². The van der Waals surface area contributed by atoms with E-state index in [1.54, 1.807) is 7.11 Å². The molecule has 4 nitrogen and oxygen atoms in total. The molecule has 1 aliphatic heterocycles. The maximum absolute atomic E-state index is 12.4. The van der Waals surface area contributed by atoms with Crippen LogP contribution >= 0.6 is 0 Å². The quantitative estimate of drug-likeness (QED) is 0.916. The molecule has 20 heavy (non-hydrogen) atoms. The monoisotopic (exact) mass is 274 g/mol. The number of amides is 1. The molecule has 1 N–H and O–H groups in total. The van der Waals surface area contributed by atoms with Crippen molar-refractivity contribution in [2.45, 2.75) is 44.9 Å². The van der Waals surface area contributed by atoms with E-state index in [2.05, 4.69) is 12.2 Å². The Morgan fingerprint density at radius 2 is 1.95 bits per heavy atom. The van der Waals surface area contributed by atoms with E-state index in [9.17, 15) is 4.79 Å². The van der Waals surface area contributed by atoms with Crippen LogP contribution in [0.5, 0.6) is 5.75 Å². The van der Waals surface area contributed by atoms with Gasteiger partial charge >= 0.3 is 0 Å². The number of methoxy groups -OCH3 is 1. The van der Waals surface area contributed by atoms with Gasteiger partial charge in [0.05, 0.1) is 13.2 Å². The fraction of sp³-hybridized carbons (Fsp3) is 0.562. The van der Waals surface area contributed by atoms with Crippen LogP contribution in [0.4, 0.5) is 0 Å². The zero-order valence-electron chi connectivity index (χ0n) is 12.3. The van der Waals surface area contributed by atoms with Gasteiger partial charge in [0.1, 0.15) is 11.9 Å². The van der Waals surface area contributed by atoms with Gasteiger partial charge in [0.15, 0.2) is 0 Å². The number of rotatable bonds is 4. The fourth-order valence-corrected chi connectivity index (χ4v) is 3.02. The fourth-order valence-electron chi connectivity index (χ4n) is 3.02. The van der Waals surface area contributed by atoms with Gasteiger partial charge in [0.2, 0.25) is 5.91 Å². The second kappa shape index (κ2) is 5.09. The van der Waals surface area contributed by atoms with Crippen molar-refractivity contribution in [2.75, 3.05) is 7.11 Å². The van der Waals surface area contributed by atoms with Crippen LogP contribution in [-0.4, -0.2) is 30.0 Å². The summed E-state index contributed by atoms with van der Waals surface area (Å²) in [5, 5.41) is 3.41. The molecule has 0 aromatic heterocycles. The predicted octanol–water partition coefficient (Wildman–Crippen LogP) is 2.31. The van der Waals surface area contributed by atoms with Crippen LogP contribution < -0.4 is 10.1 Å². The molecule has 1 heterocycles. The Kier molecular flexibility index (Phi) is 3.42. The van der Waals surface area contributed by atoms with Crippen molar-refractivity contribution < 1.29 is 9.53 Å². The highest BCUT2D eigenvalue weighted by molar-refractivity contribution is 5.84. The Morgan fingerprint density at radius 1 is 1.30 bits per heavy atom. The SMILES string of the molecule is COc1ccc(C2NC(C)C(=O)N2C(C)C2CC2)cc1. The summed E-state index contributed by atoms with van der Waals surface area (Å²) < 4.78 is 5.20. The molecule has 3 unspecified atom stereocenters. The van der Waals surface area contributed by atoms with E-state index in [4.69, 9.17) is 4.74 Å².